The molecule has 0 saturated carbocycles. The Morgan fingerprint density at radius 2 is 1.95 bits per heavy atom. The average molecular weight is 325 g/mol. The van der Waals surface area contributed by atoms with Gasteiger partial charge < -0.3 is 10.1 Å². The molecule has 2 rings (SSSR count). The molecule has 1 aromatic heterocycles. The smallest absolute Gasteiger partial charge is 0.219 e. The van der Waals surface area contributed by atoms with Crippen molar-refractivity contribution in [3.05, 3.63) is 51.6 Å². The average Bonchev–Trinajstić information content (AvgIpc) is 2.43. The molecular weight excluding hydrogens is 307 g/mol. The predicted molar refractivity (Wildman–Crippen MR) is 87.6 cm³/mol. The summed E-state index contributed by atoms with van der Waals surface area (Å²) in [5, 5.41) is 4.21. The largest absolute Gasteiger partial charge is 0.437 e. The van der Waals surface area contributed by atoms with Crippen LogP contribution in [0.15, 0.2) is 30.3 Å². The van der Waals surface area contributed by atoms with Crippen molar-refractivity contribution < 1.29 is 4.74 Å². The quantitative estimate of drug-likeness (QED) is 0.838. The van der Waals surface area contributed by atoms with Crippen LogP contribution in [0.1, 0.15) is 31.0 Å². The highest BCUT2D eigenvalue weighted by atomic mass is 35.5. The minimum atomic E-state index is 0.319. The molecule has 0 fully saturated rings. The molecule has 112 valence electrons. The number of nitrogens with one attached hydrogen (secondary N) is 1. The van der Waals surface area contributed by atoms with E-state index in [1.807, 2.05) is 13.1 Å². The second-order valence-corrected chi connectivity index (χ2v) is 5.94. The number of benzene rings is 1. The fourth-order valence-electron chi connectivity index (χ4n) is 1.90. The molecule has 0 unspecified atom stereocenters. The molecule has 3 nitrogen and oxygen atoms in total. The van der Waals surface area contributed by atoms with Gasteiger partial charge in [-0.25, -0.2) is 4.98 Å². The summed E-state index contributed by atoms with van der Waals surface area (Å²) in [4.78, 5) is 4.53. The second kappa shape index (κ2) is 7.12. The van der Waals surface area contributed by atoms with Gasteiger partial charge in [0.2, 0.25) is 5.88 Å². The summed E-state index contributed by atoms with van der Waals surface area (Å²) in [5.41, 5.74) is 2.10. The van der Waals surface area contributed by atoms with Crippen LogP contribution in [0, 0.1) is 0 Å². The third-order valence-electron chi connectivity index (χ3n) is 2.96. The topological polar surface area (TPSA) is 34.1 Å². The van der Waals surface area contributed by atoms with Gasteiger partial charge in [-0.1, -0.05) is 37.0 Å². The van der Waals surface area contributed by atoms with E-state index < -0.39 is 0 Å². The van der Waals surface area contributed by atoms with Gasteiger partial charge in [0, 0.05) is 29.4 Å². The molecule has 0 aliphatic rings. The number of nitrogens with zero attached hydrogens (tertiary/aromatic N) is 1. The lowest BCUT2D eigenvalue weighted by molar-refractivity contribution is 0.458. The summed E-state index contributed by atoms with van der Waals surface area (Å²) in [7, 11) is 1.91. The number of hydrogen-bond acceptors (Lipinski definition) is 3. The third kappa shape index (κ3) is 4.34. The molecule has 0 radical (unpaired) electrons. The van der Waals surface area contributed by atoms with E-state index in [-0.39, 0.29) is 0 Å². The summed E-state index contributed by atoms with van der Waals surface area (Å²) >= 11 is 12.1. The van der Waals surface area contributed by atoms with Crippen LogP contribution in [0.25, 0.3) is 0 Å². The van der Waals surface area contributed by atoms with Crippen LogP contribution in [0.4, 0.5) is 0 Å². The normalized spacial score (nSPS) is 11.0. The summed E-state index contributed by atoms with van der Waals surface area (Å²) in [6.45, 7) is 4.95. The van der Waals surface area contributed by atoms with Gasteiger partial charge in [-0.05, 0) is 36.7 Å². The van der Waals surface area contributed by atoms with Gasteiger partial charge in [-0.2, -0.15) is 0 Å². The molecule has 2 aromatic rings. The molecule has 0 spiro atoms. The maximum Gasteiger partial charge on any atom is 0.219 e. The molecule has 0 amide bonds. The van der Waals surface area contributed by atoms with Crippen molar-refractivity contribution in [2.45, 2.75) is 26.3 Å². The van der Waals surface area contributed by atoms with Crippen molar-refractivity contribution in [2.75, 3.05) is 7.05 Å². The fraction of sp³-hybridized carbons (Fsp3) is 0.312. The minimum Gasteiger partial charge on any atom is -0.437 e. The van der Waals surface area contributed by atoms with Gasteiger partial charge >= 0.3 is 0 Å². The Labute approximate surface area is 135 Å². The van der Waals surface area contributed by atoms with E-state index in [1.165, 1.54) is 0 Å². The Morgan fingerprint density at radius 1 is 1.19 bits per heavy atom. The summed E-state index contributed by atoms with van der Waals surface area (Å²) in [6.07, 6.45) is 0. The molecule has 0 aliphatic heterocycles. The molecule has 0 atom stereocenters. The molecule has 1 N–H and O–H groups in total. The predicted octanol–water partition coefficient (Wildman–Crippen LogP) is 5.02. The molecule has 1 aromatic carbocycles. The van der Waals surface area contributed by atoms with E-state index in [2.05, 4.69) is 30.2 Å². The summed E-state index contributed by atoms with van der Waals surface area (Å²) in [5.74, 6) is 1.35. The van der Waals surface area contributed by atoms with E-state index >= 15 is 0 Å². The lowest BCUT2D eigenvalue weighted by Crippen LogP contribution is -2.07. The monoisotopic (exact) mass is 324 g/mol. The Morgan fingerprint density at radius 3 is 2.62 bits per heavy atom. The van der Waals surface area contributed by atoms with Gasteiger partial charge in [-0.3, -0.25) is 0 Å². The molecule has 0 aliphatic carbocycles. The molecule has 1 heterocycles. The first kappa shape index (κ1) is 16.1. The first-order valence-corrected chi connectivity index (χ1v) is 7.53. The lowest BCUT2D eigenvalue weighted by Gasteiger charge is -2.12. The van der Waals surface area contributed by atoms with Crippen LogP contribution >= 0.6 is 23.2 Å². The zero-order valence-corrected chi connectivity index (χ0v) is 13.8. The maximum atomic E-state index is 6.13. The molecule has 0 saturated heterocycles. The van der Waals surface area contributed by atoms with Crippen molar-refractivity contribution in [2.24, 2.45) is 0 Å². The van der Waals surface area contributed by atoms with Crippen LogP contribution in [0.3, 0.4) is 0 Å². The van der Waals surface area contributed by atoms with E-state index in [9.17, 15) is 0 Å². The van der Waals surface area contributed by atoms with Crippen LogP contribution in [0.2, 0.25) is 10.0 Å². The Hall–Kier alpha value is -1.29. The molecule has 21 heavy (non-hydrogen) atoms. The number of rotatable bonds is 5. The van der Waals surface area contributed by atoms with Crippen LogP contribution in [-0.2, 0) is 6.54 Å². The number of halogens is 2. The lowest BCUT2D eigenvalue weighted by atomic mass is 10.1. The Bertz CT molecular complexity index is 630. The highest BCUT2D eigenvalue weighted by Crippen LogP contribution is 2.32. The molecule has 5 heteroatoms. The summed E-state index contributed by atoms with van der Waals surface area (Å²) in [6, 6.07) is 9.10. The van der Waals surface area contributed by atoms with Crippen molar-refractivity contribution in [1.82, 2.24) is 10.3 Å². The number of aromatic nitrogens is 1. The van der Waals surface area contributed by atoms with Crippen molar-refractivity contribution in [1.29, 1.82) is 0 Å². The fourth-order valence-corrected chi connectivity index (χ4v) is 2.22. The standard InChI is InChI=1S/C16H18Cl2N2O/c1-10(2)14-6-11(9-19-3)7-16(20-14)21-15-8-12(17)4-5-13(15)18/h4-8,10,19H,9H2,1-3H3. The Kier molecular flexibility index (Phi) is 5.45. The van der Waals surface area contributed by atoms with E-state index in [4.69, 9.17) is 27.9 Å². The maximum absolute atomic E-state index is 6.13. The zero-order valence-electron chi connectivity index (χ0n) is 12.3. The van der Waals surface area contributed by atoms with Gasteiger partial charge in [0.15, 0.2) is 0 Å². The van der Waals surface area contributed by atoms with Gasteiger partial charge in [0.05, 0.1) is 5.02 Å². The highest BCUT2D eigenvalue weighted by Gasteiger charge is 2.10. The minimum absolute atomic E-state index is 0.319. The van der Waals surface area contributed by atoms with Gasteiger partial charge in [0.1, 0.15) is 5.75 Å². The highest BCUT2D eigenvalue weighted by molar-refractivity contribution is 6.34. The van der Waals surface area contributed by atoms with Crippen LogP contribution in [-0.4, -0.2) is 12.0 Å². The Balaban J connectivity index is 2.36. The number of pyridine rings is 1. The van der Waals surface area contributed by atoms with Crippen molar-refractivity contribution in [3.63, 3.8) is 0 Å². The molecular formula is C16H18Cl2N2O. The van der Waals surface area contributed by atoms with Crippen LogP contribution < -0.4 is 10.1 Å². The van der Waals surface area contributed by atoms with Gasteiger partial charge in [0.25, 0.3) is 0 Å². The third-order valence-corrected chi connectivity index (χ3v) is 3.51. The van der Waals surface area contributed by atoms with E-state index in [0.717, 1.165) is 17.8 Å². The van der Waals surface area contributed by atoms with Crippen LogP contribution in [0.5, 0.6) is 11.6 Å². The number of hydrogen-bond donors (Lipinski definition) is 1. The summed E-state index contributed by atoms with van der Waals surface area (Å²) < 4.78 is 5.81. The number of ether oxygens (including phenoxy) is 1. The zero-order chi connectivity index (χ0) is 15.4. The second-order valence-electron chi connectivity index (χ2n) is 5.10. The van der Waals surface area contributed by atoms with Crippen molar-refractivity contribution in [3.8, 4) is 11.6 Å². The molecule has 0 bridgehead atoms. The van der Waals surface area contributed by atoms with E-state index in [1.54, 1.807) is 18.2 Å². The first-order chi connectivity index (χ1) is 9.99. The van der Waals surface area contributed by atoms with Crippen molar-refractivity contribution >= 4 is 23.2 Å². The SMILES string of the molecule is CNCc1cc(Oc2cc(Cl)ccc2Cl)nc(C(C)C)c1. The van der Waals surface area contributed by atoms with Gasteiger partial charge in [-0.15, -0.1) is 0 Å². The first-order valence-electron chi connectivity index (χ1n) is 6.78. The van der Waals surface area contributed by atoms with E-state index in [0.29, 0.717) is 27.6 Å².